The van der Waals surface area contributed by atoms with Crippen LogP contribution in [-0.2, 0) is 0 Å². The molecule has 0 amide bonds. The van der Waals surface area contributed by atoms with Gasteiger partial charge in [0.05, 0.1) is 10.6 Å². The second-order valence-electron chi connectivity index (χ2n) is 4.11. The summed E-state index contributed by atoms with van der Waals surface area (Å²) in [5.41, 5.74) is 0.760. The first-order chi connectivity index (χ1) is 9.66. The summed E-state index contributed by atoms with van der Waals surface area (Å²) in [4.78, 5) is 0. The number of para-hydroxylation sites is 1. The molecule has 1 aromatic heterocycles. The Hall–Kier alpha value is -2.27. The number of rotatable bonds is 2. The van der Waals surface area contributed by atoms with Crippen molar-refractivity contribution in [2.45, 2.75) is 0 Å². The normalized spacial score (nSPS) is 10.8. The molecule has 0 unspecified atom stereocenters. The Kier molecular flexibility index (Phi) is 3.20. The van der Waals surface area contributed by atoms with Crippen molar-refractivity contribution in [1.29, 1.82) is 0 Å². The molecule has 0 N–H and O–H groups in total. The Morgan fingerprint density at radius 1 is 1.00 bits per heavy atom. The molecule has 0 aliphatic heterocycles. The van der Waals surface area contributed by atoms with Gasteiger partial charge in [-0.3, -0.25) is 4.57 Å². The first-order valence-electron chi connectivity index (χ1n) is 5.77. The predicted molar refractivity (Wildman–Crippen MR) is 71.7 cm³/mol. The molecule has 100 valence electrons. The molecule has 0 saturated heterocycles. The summed E-state index contributed by atoms with van der Waals surface area (Å²) >= 11 is 5.55. The summed E-state index contributed by atoms with van der Waals surface area (Å²) in [5.74, 6) is -1.14. The lowest BCUT2D eigenvalue weighted by Gasteiger charge is -2.08. The zero-order valence-electron chi connectivity index (χ0n) is 10.1. The molecule has 2 aromatic carbocycles. The van der Waals surface area contributed by atoms with E-state index in [1.54, 1.807) is 4.57 Å². The van der Waals surface area contributed by atoms with Crippen molar-refractivity contribution in [1.82, 2.24) is 14.8 Å². The first-order valence-corrected chi connectivity index (χ1v) is 6.15. The number of nitrogens with zero attached hydrogens (tertiary/aromatic N) is 3. The molecule has 3 nitrogen and oxygen atoms in total. The molecule has 0 atom stereocenters. The van der Waals surface area contributed by atoms with E-state index in [1.807, 2.05) is 30.3 Å². The zero-order chi connectivity index (χ0) is 14.1. The van der Waals surface area contributed by atoms with Crippen LogP contribution in [0.2, 0.25) is 5.02 Å². The molecular formula is C14H8ClF2N3. The van der Waals surface area contributed by atoms with Crippen molar-refractivity contribution in [3.8, 4) is 17.1 Å². The number of hydrogen-bond acceptors (Lipinski definition) is 2. The molecule has 0 aliphatic carbocycles. The van der Waals surface area contributed by atoms with Gasteiger partial charge in [-0.05, 0) is 24.3 Å². The van der Waals surface area contributed by atoms with Gasteiger partial charge < -0.3 is 0 Å². The van der Waals surface area contributed by atoms with Crippen molar-refractivity contribution in [3.05, 3.63) is 65.4 Å². The third kappa shape index (κ3) is 2.16. The fourth-order valence-electron chi connectivity index (χ4n) is 1.89. The minimum Gasteiger partial charge on any atom is -0.282 e. The Morgan fingerprint density at radius 3 is 2.50 bits per heavy atom. The molecule has 0 radical (unpaired) electrons. The Morgan fingerprint density at radius 2 is 1.75 bits per heavy atom. The lowest BCUT2D eigenvalue weighted by Crippen LogP contribution is -1.98. The van der Waals surface area contributed by atoms with Crippen LogP contribution < -0.4 is 0 Å². The van der Waals surface area contributed by atoms with Crippen LogP contribution in [0.15, 0.2) is 48.8 Å². The van der Waals surface area contributed by atoms with Crippen molar-refractivity contribution < 1.29 is 8.78 Å². The van der Waals surface area contributed by atoms with E-state index in [4.69, 9.17) is 11.6 Å². The van der Waals surface area contributed by atoms with E-state index < -0.39 is 11.6 Å². The maximum Gasteiger partial charge on any atom is 0.171 e. The summed E-state index contributed by atoms with van der Waals surface area (Å²) in [6.07, 6.45) is 1.44. The molecule has 0 fully saturated rings. The van der Waals surface area contributed by atoms with Crippen LogP contribution in [0, 0.1) is 11.6 Å². The zero-order valence-corrected chi connectivity index (χ0v) is 10.9. The van der Waals surface area contributed by atoms with E-state index in [1.165, 1.54) is 6.33 Å². The molecule has 3 rings (SSSR count). The van der Waals surface area contributed by atoms with Crippen LogP contribution in [-0.4, -0.2) is 14.8 Å². The van der Waals surface area contributed by atoms with Crippen LogP contribution in [0.1, 0.15) is 0 Å². The topological polar surface area (TPSA) is 30.7 Å². The SMILES string of the molecule is Fc1cc(-c2nncn2-c2ccccc2)c(F)cc1Cl. The minimum absolute atomic E-state index is 0.00764. The number of aromatic nitrogens is 3. The Labute approximate surface area is 118 Å². The number of hydrogen-bond donors (Lipinski definition) is 0. The molecule has 0 bridgehead atoms. The Bertz CT molecular complexity index is 756. The second kappa shape index (κ2) is 5.02. The molecule has 3 aromatic rings. The second-order valence-corrected chi connectivity index (χ2v) is 4.51. The monoisotopic (exact) mass is 291 g/mol. The van der Waals surface area contributed by atoms with Crippen molar-refractivity contribution in [3.63, 3.8) is 0 Å². The van der Waals surface area contributed by atoms with Crippen molar-refractivity contribution >= 4 is 11.6 Å². The average Bonchev–Trinajstić information content (AvgIpc) is 2.93. The highest BCUT2D eigenvalue weighted by atomic mass is 35.5. The molecule has 6 heteroatoms. The third-order valence-electron chi connectivity index (χ3n) is 2.83. The first kappa shape index (κ1) is 12.7. The fourth-order valence-corrected chi connectivity index (χ4v) is 2.04. The van der Waals surface area contributed by atoms with Gasteiger partial charge in [-0.25, -0.2) is 8.78 Å². The van der Waals surface area contributed by atoms with Gasteiger partial charge in [-0.1, -0.05) is 29.8 Å². The van der Waals surface area contributed by atoms with Crippen molar-refractivity contribution in [2.24, 2.45) is 0 Å². The molecule has 1 heterocycles. The standard InChI is InChI=1S/C14H8ClF2N3/c15-11-7-12(16)10(6-13(11)17)14-19-18-8-20(14)9-4-2-1-3-5-9/h1-8H. The van der Waals surface area contributed by atoms with E-state index in [-0.39, 0.29) is 16.4 Å². The summed E-state index contributed by atoms with van der Waals surface area (Å²) in [6, 6.07) is 11.1. The van der Waals surface area contributed by atoms with E-state index in [0.29, 0.717) is 0 Å². The summed E-state index contributed by atoms with van der Waals surface area (Å²) in [6.45, 7) is 0. The average molecular weight is 292 g/mol. The molecule has 0 spiro atoms. The molecule has 20 heavy (non-hydrogen) atoms. The van der Waals surface area contributed by atoms with Gasteiger partial charge in [0.15, 0.2) is 5.82 Å². The lowest BCUT2D eigenvalue weighted by molar-refractivity contribution is 0.602. The summed E-state index contributed by atoms with van der Waals surface area (Å²) in [5, 5.41) is 7.35. The smallest absolute Gasteiger partial charge is 0.171 e. The van der Waals surface area contributed by atoms with E-state index in [2.05, 4.69) is 10.2 Å². The highest BCUT2D eigenvalue weighted by molar-refractivity contribution is 6.30. The fraction of sp³-hybridized carbons (Fsp3) is 0. The lowest BCUT2D eigenvalue weighted by atomic mass is 10.2. The van der Waals surface area contributed by atoms with Gasteiger partial charge >= 0.3 is 0 Å². The van der Waals surface area contributed by atoms with Gasteiger partial charge in [0.25, 0.3) is 0 Å². The van der Waals surface area contributed by atoms with Gasteiger partial charge in [0, 0.05) is 5.69 Å². The van der Waals surface area contributed by atoms with Gasteiger partial charge in [0.2, 0.25) is 0 Å². The maximum absolute atomic E-state index is 14.0. The highest BCUT2D eigenvalue weighted by Crippen LogP contribution is 2.27. The van der Waals surface area contributed by atoms with Crippen LogP contribution in [0.5, 0.6) is 0 Å². The number of halogens is 3. The van der Waals surface area contributed by atoms with Gasteiger partial charge in [-0.15, -0.1) is 10.2 Å². The Balaban J connectivity index is 2.18. The molecule has 0 aliphatic rings. The third-order valence-corrected chi connectivity index (χ3v) is 3.12. The van der Waals surface area contributed by atoms with Gasteiger partial charge in [0.1, 0.15) is 18.0 Å². The van der Waals surface area contributed by atoms with E-state index >= 15 is 0 Å². The highest BCUT2D eigenvalue weighted by Gasteiger charge is 2.16. The largest absolute Gasteiger partial charge is 0.282 e. The quantitative estimate of drug-likeness (QED) is 0.671. The number of benzene rings is 2. The van der Waals surface area contributed by atoms with E-state index in [9.17, 15) is 8.78 Å². The summed E-state index contributed by atoms with van der Waals surface area (Å²) in [7, 11) is 0. The van der Waals surface area contributed by atoms with Crippen LogP contribution >= 0.6 is 11.6 Å². The van der Waals surface area contributed by atoms with Crippen molar-refractivity contribution in [2.75, 3.05) is 0 Å². The van der Waals surface area contributed by atoms with Crippen LogP contribution in [0.25, 0.3) is 17.1 Å². The maximum atomic E-state index is 14.0. The van der Waals surface area contributed by atoms with Gasteiger partial charge in [-0.2, -0.15) is 0 Å². The van der Waals surface area contributed by atoms with E-state index in [0.717, 1.165) is 17.8 Å². The van der Waals surface area contributed by atoms with Crippen LogP contribution in [0.3, 0.4) is 0 Å². The molecule has 0 saturated carbocycles. The minimum atomic E-state index is -0.703. The molecular weight excluding hydrogens is 284 g/mol. The predicted octanol–water partition coefficient (Wildman–Crippen LogP) is 3.87. The van der Waals surface area contributed by atoms with Crippen LogP contribution in [0.4, 0.5) is 8.78 Å². The summed E-state index contributed by atoms with van der Waals surface area (Å²) < 4.78 is 29.1.